The Hall–Kier alpha value is 0.934. The van der Waals surface area contributed by atoms with Crippen molar-refractivity contribution >= 4 is 338 Å². The molecule has 8 aromatic carbocycles. The smallest absolute Gasteiger partial charge is 0.741 e. The van der Waals surface area contributed by atoms with Gasteiger partial charge in [0.25, 0.3) is 0 Å². The van der Waals surface area contributed by atoms with Crippen molar-refractivity contribution in [3.8, 4) is 0 Å². The van der Waals surface area contributed by atoms with Crippen LogP contribution in [0.4, 0.5) is 102 Å². The Morgan fingerprint density at radius 2 is 0.310 bits per heavy atom. The zero-order valence-electron chi connectivity index (χ0n) is 68.1. The Labute approximate surface area is 998 Å². The number of halogens is 38. The third kappa shape index (κ3) is 109. The molecule has 8 aromatic rings. The van der Waals surface area contributed by atoms with Gasteiger partial charge in [0, 0.05) is 42.1 Å². The van der Waals surface area contributed by atoms with Crippen LogP contribution in [0.3, 0.4) is 0 Å². The maximum Gasteiger partial charge on any atom is 2.00 e. The molecule has 0 saturated carbocycles. The molecule has 22 nitrogen and oxygen atoms in total. The second kappa shape index (κ2) is 101. The fraction of sp³-hybridized carbons (Fsp3) is 0.235. The average molecular weight is 3230 g/mol. The van der Waals surface area contributed by atoms with E-state index in [1.54, 1.807) is 72.8 Å². The Bertz CT molecular complexity index is 4440. The monoisotopic (exact) mass is 3220 g/mol. The molecule has 0 unspecified atom stereocenters. The van der Waals surface area contributed by atoms with Gasteiger partial charge < -0.3 is 27.3 Å². The molecule has 0 aliphatic heterocycles. The number of nitrogens with zero attached hydrogens (tertiary/aromatic N) is 4. The molecule has 0 amide bonds. The summed E-state index contributed by atoms with van der Waals surface area (Å²) in [5.41, 5.74) is -29.1. The molecule has 74 heteroatoms. The fourth-order valence-electron chi connectivity index (χ4n) is 4.75. The van der Waals surface area contributed by atoms with E-state index >= 15 is 0 Å². The minimum Gasteiger partial charge on any atom is -0.741 e. The maximum absolute atomic E-state index is 10.7. The summed E-state index contributed by atoms with van der Waals surface area (Å²) in [7, 11) is -36.5. The van der Waals surface area contributed by atoms with E-state index in [0.717, 1.165) is 0 Å². The molecular weight excluding hydrogens is 3180 g/mol. The van der Waals surface area contributed by atoms with Crippen molar-refractivity contribution < 1.29 is 301 Å². The van der Waals surface area contributed by atoms with Gasteiger partial charge in [-0.15, -0.1) is 139 Å². The van der Waals surface area contributed by atoms with Crippen molar-refractivity contribution in [3.63, 3.8) is 0 Å². The van der Waals surface area contributed by atoms with Gasteiger partial charge in [-0.25, -0.2) is 70.5 Å². The number of benzene rings is 8. The predicted octanol–water partition coefficient (Wildman–Crippen LogP) is 29.1. The van der Waals surface area contributed by atoms with Crippen molar-refractivity contribution in [2.24, 2.45) is 20.0 Å². The summed E-state index contributed by atoms with van der Waals surface area (Å²) in [6.45, 7) is 7.29. The number of rotatable bonds is 6. The van der Waals surface area contributed by atoms with E-state index in [-0.39, 0.29) is 177 Å². The van der Waals surface area contributed by atoms with Crippen LogP contribution in [0.2, 0.25) is 40.2 Å². The van der Waals surface area contributed by atoms with Gasteiger partial charge in [0.15, 0.2) is 60.7 Å². The van der Waals surface area contributed by atoms with E-state index in [1.807, 2.05) is 149 Å². The molecule has 2 radical (unpaired) electrons. The molecule has 846 valence electrons. The van der Waals surface area contributed by atoms with Crippen LogP contribution in [0.25, 0.3) is 0 Å². The molecule has 142 heavy (non-hydrogen) atoms. The molecule has 0 bridgehead atoms. The van der Waals surface area contributed by atoms with Gasteiger partial charge in [0.05, 0.1) is 95.1 Å². The zero-order valence-corrected chi connectivity index (χ0v) is 98.3. The summed E-state index contributed by atoms with van der Waals surface area (Å²) in [5.74, 6) is 0. The average Bonchev–Trinajstić information content (AvgIpc) is 0.833. The van der Waals surface area contributed by atoms with Crippen LogP contribution >= 0.6 is 232 Å². The summed E-state index contributed by atoms with van der Waals surface area (Å²) in [4.78, 5) is 17.8. The minimum absolute atomic E-state index is 0. The zero-order chi connectivity index (χ0) is 108. The molecule has 0 spiro atoms. The standard InChI is InChI=1S/2C16H12Cl4N2.4C6H5.6CH2Cl2.6CHF3O3S.6Cu.2Pt/c2*1-9(21-15-11(17)5-3-6-12(15)18)10(2)22-16-13(19)7-4-8-14(16)20;4*1-2-4-6-5-3-1;6*2-1-3;6*2-1(3,4)8(5,6)7;;;;;;;;/h2*3-8H,1-2H3;4*1-5H;6*1H2;6*(H,5,6,7);;;;;;;;/q;;4*-1;;;;;;;;;;;;;4*+1;2*+2;;/p-6. The normalized spacial score (nSPS) is 10.8. The Morgan fingerprint density at radius 1 is 0.232 bits per heavy atom. The van der Waals surface area contributed by atoms with Crippen LogP contribution in [-0.2, 0) is 205 Å². The van der Waals surface area contributed by atoms with Crippen LogP contribution in [0.1, 0.15) is 27.7 Å². The van der Waals surface area contributed by atoms with Crippen molar-refractivity contribution in [3.05, 3.63) is 259 Å². The molecule has 0 atom stereocenters. The van der Waals surface area contributed by atoms with Crippen molar-refractivity contribution in [1.82, 2.24) is 0 Å². The Balaban J connectivity index is -0.0000000744. The van der Waals surface area contributed by atoms with Gasteiger partial charge >= 0.3 is 135 Å². The van der Waals surface area contributed by atoms with Gasteiger partial charge in [0.2, 0.25) is 0 Å². The van der Waals surface area contributed by atoms with Gasteiger partial charge in [-0.2, -0.15) is 225 Å². The van der Waals surface area contributed by atoms with Crippen LogP contribution < -0.4 is 0 Å². The molecule has 0 heterocycles. The first-order chi connectivity index (χ1) is 60.8. The minimum atomic E-state index is -6.09. The molecule has 0 aliphatic carbocycles. The maximum atomic E-state index is 10.7. The number of alkyl halides is 30. The molecule has 0 aromatic heterocycles. The van der Waals surface area contributed by atoms with Crippen LogP contribution in [0, 0.1) is 24.3 Å². The first kappa shape index (κ1) is 184. The molecule has 0 N–H and O–H groups in total. The second-order valence-electron chi connectivity index (χ2n) is 19.4. The van der Waals surface area contributed by atoms with Crippen molar-refractivity contribution in [2.45, 2.75) is 60.7 Å². The van der Waals surface area contributed by atoms with E-state index in [4.69, 9.17) is 310 Å². The van der Waals surface area contributed by atoms with Crippen LogP contribution in [-0.4, -0.2) is 166 Å². The summed E-state index contributed by atoms with van der Waals surface area (Å²) >= 11 is 106. The van der Waals surface area contributed by atoms with Gasteiger partial charge in [-0.05, 0) is 76.2 Å². The Morgan fingerprint density at radius 3 is 0.359 bits per heavy atom. The topological polar surface area (TPSA) is 393 Å². The van der Waals surface area contributed by atoms with E-state index in [1.165, 1.54) is 0 Å². The summed E-state index contributed by atoms with van der Waals surface area (Å²) in [5, 5.41) is 5.02. The summed E-state index contributed by atoms with van der Waals surface area (Å²) in [6, 6.07) is 70.9. The molecule has 0 saturated heterocycles. The van der Waals surface area contributed by atoms with Crippen LogP contribution in [0.15, 0.2) is 214 Å². The van der Waals surface area contributed by atoms with Gasteiger partial charge in [-0.1, -0.05) is 117 Å². The second-order valence-corrected chi connectivity index (χ2v) is 35.7. The van der Waals surface area contributed by atoms with Gasteiger partial charge in [0.1, 0.15) is 22.7 Å². The van der Waals surface area contributed by atoms with Crippen LogP contribution in [0.5, 0.6) is 0 Å². The van der Waals surface area contributed by atoms with Crippen molar-refractivity contribution in [2.75, 3.05) is 32.0 Å². The number of para-hydroxylation sites is 4. The third-order valence-corrected chi connectivity index (χ3v) is 15.9. The first-order valence-corrected chi connectivity index (χ1v) is 49.1. The first-order valence-electron chi connectivity index (χ1n) is 31.3. The predicted molar refractivity (Wildman–Crippen MR) is 492 cm³/mol. The van der Waals surface area contributed by atoms with E-state index in [0.29, 0.717) is 85.8 Å². The summed E-state index contributed by atoms with van der Waals surface area (Å²) < 4.78 is 353. The third-order valence-electron chi connectivity index (χ3n) is 10.0. The molecule has 8 rings (SSSR count). The SMILES string of the molecule is CC(=Nc1c(Cl)cccc1Cl)C(C)=Nc1c(Cl)cccc1Cl.CC(=Nc1c(Cl)cccc1Cl)C(C)=Nc1c(Cl)cccc1Cl.ClCCl.ClCCl.ClCCl.ClCCl.ClCCl.ClCCl.O=S(=O)([O-])C(F)(F)F.O=S(=O)([O-])C(F)(F)F.O=S(=O)([O-])C(F)(F)F.O=S(=O)([O-])C(F)(F)F.O=S(=O)([O-])C(F)(F)F.O=S(=O)([O-])C(F)(F)F.[Cu+2].[Cu+2].[Cu+].[Cu+].[Cu+].[Cu+].[Pt].[Pt].[c-]1ccccc1.[c-]1ccccc1.[c-]1ccccc1.[c-]1ccccc1. The van der Waals surface area contributed by atoms with E-state index in [9.17, 15) is 79.0 Å². The molecular formula is C68H56Cl20Cu6F18N4O18Pt2S6-2. The number of hydrogen-bond acceptors (Lipinski definition) is 22. The largest absolute Gasteiger partial charge is 2.00 e. The number of aliphatic imine (C=N–C) groups is 4. The molecule has 0 aliphatic rings. The van der Waals surface area contributed by atoms with E-state index < -0.39 is 93.8 Å². The van der Waals surface area contributed by atoms with Gasteiger partial charge in [-0.3, -0.25) is 0 Å². The quantitative estimate of drug-likeness (QED) is 0.0284. The Kier molecular flexibility index (Phi) is 131. The van der Waals surface area contributed by atoms with Crippen molar-refractivity contribution in [1.29, 1.82) is 0 Å². The molecule has 0 fully saturated rings. The summed E-state index contributed by atoms with van der Waals surface area (Å²) in [6.07, 6.45) is 0. The van der Waals surface area contributed by atoms with E-state index in [2.05, 4.69) is 44.2 Å². The fourth-order valence-corrected chi connectivity index (χ4v) is 6.67. The number of hydrogen-bond donors (Lipinski definition) is 0.